The first-order valence-electron chi connectivity index (χ1n) is 10.3. The molecule has 1 saturated heterocycles. The second-order valence-electron chi connectivity index (χ2n) is 7.72. The van der Waals surface area contributed by atoms with E-state index in [-0.39, 0.29) is 22.7 Å². The lowest BCUT2D eigenvalue weighted by Crippen LogP contribution is -2.37. The van der Waals surface area contributed by atoms with Crippen molar-refractivity contribution in [3.05, 3.63) is 65.9 Å². The highest BCUT2D eigenvalue weighted by molar-refractivity contribution is 6.08. The van der Waals surface area contributed by atoms with Crippen LogP contribution in [0.15, 0.2) is 42.9 Å². The number of hydrogen-bond donors (Lipinski definition) is 1. The summed E-state index contributed by atoms with van der Waals surface area (Å²) in [5.74, 6) is -0.449. The van der Waals surface area contributed by atoms with Crippen LogP contribution in [0.5, 0.6) is 0 Å². The number of anilines is 2. The van der Waals surface area contributed by atoms with Crippen LogP contribution in [-0.4, -0.2) is 47.2 Å². The van der Waals surface area contributed by atoms with E-state index in [0.29, 0.717) is 43.5 Å². The summed E-state index contributed by atoms with van der Waals surface area (Å²) in [6.07, 6.45) is 4.41. The van der Waals surface area contributed by atoms with E-state index in [1.54, 1.807) is 6.07 Å². The molecule has 166 valence electrons. The number of rotatable bonds is 5. The number of halogens is 2. The first kappa shape index (κ1) is 21.8. The van der Waals surface area contributed by atoms with Crippen LogP contribution in [-0.2, 0) is 4.74 Å². The summed E-state index contributed by atoms with van der Waals surface area (Å²) in [6, 6.07) is 4.76. The first-order chi connectivity index (χ1) is 15.4. The number of amides is 1. The first-order valence-corrected chi connectivity index (χ1v) is 10.3. The van der Waals surface area contributed by atoms with Gasteiger partial charge in [-0.15, -0.1) is 0 Å². The molecule has 3 heterocycles. The topological polar surface area (TPSA) is 80.2 Å². The van der Waals surface area contributed by atoms with Gasteiger partial charge in [0.25, 0.3) is 5.91 Å². The van der Waals surface area contributed by atoms with E-state index in [4.69, 9.17) is 4.74 Å². The van der Waals surface area contributed by atoms with Gasteiger partial charge in [-0.1, -0.05) is 13.8 Å². The fourth-order valence-electron chi connectivity index (χ4n) is 3.46. The number of nitrogens with one attached hydrogen (secondary N) is 1. The van der Waals surface area contributed by atoms with Crippen molar-refractivity contribution in [1.29, 1.82) is 0 Å². The molecular weight excluding hydrogens is 416 g/mol. The summed E-state index contributed by atoms with van der Waals surface area (Å²) in [6.45, 7) is 6.02. The van der Waals surface area contributed by atoms with Gasteiger partial charge in [-0.05, 0) is 24.3 Å². The maximum Gasteiger partial charge on any atom is 0.258 e. The monoisotopic (exact) mass is 439 g/mol. The second kappa shape index (κ2) is 9.35. The van der Waals surface area contributed by atoms with Gasteiger partial charge in [0.15, 0.2) is 5.82 Å². The molecule has 1 aliphatic heterocycles. The van der Waals surface area contributed by atoms with Gasteiger partial charge in [-0.2, -0.15) is 0 Å². The second-order valence-corrected chi connectivity index (χ2v) is 7.72. The molecule has 32 heavy (non-hydrogen) atoms. The number of carbonyl (C=O) groups is 1. The molecule has 1 aromatic carbocycles. The van der Waals surface area contributed by atoms with E-state index in [0.717, 1.165) is 18.2 Å². The Labute approximate surface area is 184 Å². The third-order valence-corrected chi connectivity index (χ3v) is 5.15. The summed E-state index contributed by atoms with van der Waals surface area (Å²) in [5.41, 5.74) is 0.892. The average Bonchev–Trinajstić information content (AvgIpc) is 2.81. The molecule has 2 aromatic heterocycles. The van der Waals surface area contributed by atoms with Crippen molar-refractivity contribution in [2.75, 3.05) is 36.5 Å². The zero-order valence-electron chi connectivity index (χ0n) is 17.8. The fraction of sp³-hybridized carbons (Fsp3) is 0.304. The predicted octanol–water partition coefficient (Wildman–Crippen LogP) is 4.03. The molecule has 9 heteroatoms. The van der Waals surface area contributed by atoms with Crippen LogP contribution in [0.25, 0.3) is 11.1 Å². The zero-order valence-corrected chi connectivity index (χ0v) is 17.8. The fourth-order valence-corrected chi connectivity index (χ4v) is 3.46. The van der Waals surface area contributed by atoms with Gasteiger partial charge in [0.2, 0.25) is 0 Å². The van der Waals surface area contributed by atoms with E-state index in [1.165, 1.54) is 18.6 Å². The molecule has 0 atom stereocenters. The maximum absolute atomic E-state index is 14.6. The smallest absolute Gasteiger partial charge is 0.258 e. The van der Waals surface area contributed by atoms with Crippen molar-refractivity contribution in [2.45, 2.75) is 19.8 Å². The number of aromatic nitrogens is 3. The number of pyridine rings is 1. The van der Waals surface area contributed by atoms with Gasteiger partial charge >= 0.3 is 0 Å². The Balaban J connectivity index is 1.77. The minimum atomic E-state index is -0.606. The van der Waals surface area contributed by atoms with Gasteiger partial charge in [0, 0.05) is 48.7 Å². The lowest BCUT2D eigenvalue weighted by molar-refractivity contribution is 0.102. The van der Waals surface area contributed by atoms with Crippen LogP contribution in [0, 0.1) is 11.6 Å². The molecular formula is C23H23F2N5O2. The lowest BCUT2D eigenvalue weighted by atomic mass is 10.0. The van der Waals surface area contributed by atoms with Crippen LogP contribution in [0.3, 0.4) is 0 Å². The molecule has 1 N–H and O–H groups in total. The van der Waals surface area contributed by atoms with Crippen molar-refractivity contribution in [1.82, 2.24) is 15.0 Å². The number of hydrogen-bond acceptors (Lipinski definition) is 6. The highest BCUT2D eigenvalue weighted by atomic mass is 19.1. The minimum absolute atomic E-state index is 0.0311. The largest absolute Gasteiger partial charge is 0.378 e. The Kier molecular flexibility index (Phi) is 6.36. The van der Waals surface area contributed by atoms with Crippen molar-refractivity contribution in [3.63, 3.8) is 0 Å². The predicted molar refractivity (Wildman–Crippen MR) is 117 cm³/mol. The van der Waals surface area contributed by atoms with Crippen LogP contribution < -0.4 is 10.2 Å². The molecule has 0 unspecified atom stereocenters. The molecule has 1 amide bonds. The van der Waals surface area contributed by atoms with Gasteiger partial charge in [-0.3, -0.25) is 4.79 Å². The molecule has 1 aliphatic rings. The molecule has 4 rings (SSSR count). The van der Waals surface area contributed by atoms with Gasteiger partial charge in [0.1, 0.15) is 17.5 Å². The molecule has 0 bridgehead atoms. The number of ether oxygens (including phenoxy) is 1. The van der Waals surface area contributed by atoms with E-state index in [2.05, 4.69) is 20.3 Å². The highest BCUT2D eigenvalue weighted by Crippen LogP contribution is 2.37. The molecule has 0 spiro atoms. The number of benzene rings is 1. The van der Waals surface area contributed by atoms with E-state index in [9.17, 15) is 13.6 Å². The highest BCUT2D eigenvalue weighted by Gasteiger charge is 2.23. The molecule has 0 saturated carbocycles. The van der Waals surface area contributed by atoms with Crippen LogP contribution in [0.1, 0.15) is 35.9 Å². The molecule has 1 fully saturated rings. The number of carbonyl (C=O) groups excluding carboxylic acids is 1. The van der Waals surface area contributed by atoms with Gasteiger partial charge in [-0.25, -0.2) is 23.7 Å². The lowest BCUT2D eigenvalue weighted by Gasteiger charge is -2.30. The SMILES string of the molecule is CC(C)c1ncc(C(=O)Nc2c(-c3cc(F)ccc3F)ccnc2N2CCOCC2)cn1. The van der Waals surface area contributed by atoms with Crippen LogP contribution in [0.4, 0.5) is 20.3 Å². The third kappa shape index (κ3) is 4.57. The Morgan fingerprint density at radius 2 is 1.78 bits per heavy atom. The summed E-state index contributed by atoms with van der Waals surface area (Å²) < 4.78 is 34.0. The maximum atomic E-state index is 14.6. The van der Waals surface area contributed by atoms with Gasteiger partial charge < -0.3 is 15.0 Å². The number of morpholine rings is 1. The molecule has 0 aliphatic carbocycles. The average molecular weight is 439 g/mol. The van der Waals surface area contributed by atoms with Crippen molar-refractivity contribution >= 4 is 17.4 Å². The minimum Gasteiger partial charge on any atom is -0.378 e. The quantitative estimate of drug-likeness (QED) is 0.647. The van der Waals surface area contributed by atoms with Crippen LogP contribution >= 0.6 is 0 Å². The van der Waals surface area contributed by atoms with Crippen molar-refractivity contribution in [3.8, 4) is 11.1 Å². The molecule has 7 nitrogen and oxygen atoms in total. The standard InChI is InChI=1S/C23H23F2N5O2/c1-14(2)21-27-12-15(13-28-21)23(31)29-20-17(18-11-16(24)3-4-19(18)25)5-6-26-22(20)30-7-9-32-10-8-30/h3-6,11-14H,7-10H2,1-2H3,(H,29,31). The van der Waals surface area contributed by atoms with Crippen molar-refractivity contribution in [2.24, 2.45) is 0 Å². The zero-order chi connectivity index (χ0) is 22.7. The summed E-state index contributed by atoms with van der Waals surface area (Å²) in [7, 11) is 0. The third-order valence-electron chi connectivity index (χ3n) is 5.15. The Morgan fingerprint density at radius 3 is 2.47 bits per heavy atom. The summed E-state index contributed by atoms with van der Waals surface area (Å²) in [5, 5.41) is 2.83. The van der Waals surface area contributed by atoms with E-state index >= 15 is 0 Å². The van der Waals surface area contributed by atoms with Gasteiger partial charge in [0.05, 0.1) is 24.5 Å². The molecule has 0 radical (unpaired) electrons. The van der Waals surface area contributed by atoms with E-state index in [1.807, 2.05) is 18.7 Å². The van der Waals surface area contributed by atoms with Crippen LogP contribution in [0.2, 0.25) is 0 Å². The Hall–Kier alpha value is -3.46. The summed E-state index contributed by atoms with van der Waals surface area (Å²) in [4.78, 5) is 27.9. The normalized spacial score (nSPS) is 14.0. The van der Waals surface area contributed by atoms with Crippen molar-refractivity contribution < 1.29 is 18.3 Å². The summed E-state index contributed by atoms with van der Waals surface area (Å²) >= 11 is 0. The van der Waals surface area contributed by atoms with E-state index < -0.39 is 17.5 Å². The Bertz CT molecular complexity index is 1120. The molecule has 3 aromatic rings. The number of nitrogens with zero attached hydrogens (tertiary/aromatic N) is 4. The Morgan fingerprint density at radius 1 is 1.06 bits per heavy atom.